The van der Waals surface area contributed by atoms with Crippen molar-refractivity contribution in [1.82, 2.24) is 0 Å². The van der Waals surface area contributed by atoms with Crippen molar-refractivity contribution in [2.45, 2.75) is 6.92 Å². The Balaban J connectivity index is 2.28. The zero-order chi connectivity index (χ0) is 21.9. The maximum absolute atomic E-state index is 12.8. The average Bonchev–Trinajstić information content (AvgIpc) is 2.76. The van der Waals surface area contributed by atoms with Gasteiger partial charge in [0.2, 0.25) is 0 Å². The number of methoxy groups -OCH3 is 3. The van der Waals surface area contributed by atoms with Crippen molar-refractivity contribution < 1.29 is 38.3 Å². The number of benzene rings is 2. The third kappa shape index (κ3) is 6.21. The van der Waals surface area contributed by atoms with E-state index in [-0.39, 0.29) is 37.4 Å². The maximum atomic E-state index is 12.8. The van der Waals surface area contributed by atoms with Gasteiger partial charge in [0.15, 0.2) is 26.2 Å². The summed E-state index contributed by atoms with van der Waals surface area (Å²) in [4.78, 5) is 12.8. The lowest BCUT2D eigenvalue weighted by Gasteiger charge is -2.16. The first-order valence-corrected chi connectivity index (χ1v) is 9.06. The standard InChI is InChI=1S/C22H26O8/c1-15-19(29-13-26-3)11-20(30-14-27-4)21(22(15)24)18(23)10-7-16-5-8-17(9-6-16)28-12-25-2/h5-11,24H,12-14H2,1-4H3/b10-7+. The Morgan fingerprint density at radius 2 is 1.47 bits per heavy atom. The van der Waals surface area contributed by atoms with Crippen LogP contribution in [0.2, 0.25) is 0 Å². The zero-order valence-corrected chi connectivity index (χ0v) is 17.5. The van der Waals surface area contributed by atoms with Crippen LogP contribution >= 0.6 is 0 Å². The van der Waals surface area contributed by atoms with Crippen LogP contribution in [0, 0.1) is 6.92 Å². The Labute approximate surface area is 175 Å². The first kappa shape index (κ1) is 23.2. The molecule has 2 rings (SSSR count). The summed E-state index contributed by atoms with van der Waals surface area (Å²) in [5, 5.41) is 10.6. The minimum absolute atomic E-state index is 0.0126. The predicted octanol–water partition coefficient (Wildman–Crippen LogP) is 3.54. The number of ether oxygens (including phenoxy) is 6. The van der Waals surface area contributed by atoms with E-state index >= 15 is 0 Å². The van der Waals surface area contributed by atoms with Crippen LogP contribution in [0.25, 0.3) is 6.08 Å². The highest BCUT2D eigenvalue weighted by Gasteiger charge is 2.21. The van der Waals surface area contributed by atoms with Gasteiger partial charge in [-0.15, -0.1) is 0 Å². The highest BCUT2D eigenvalue weighted by atomic mass is 16.7. The first-order chi connectivity index (χ1) is 14.5. The second-order valence-corrected chi connectivity index (χ2v) is 6.14. The average molecular weight is 418 g/mol. The minimum atomic E-state index is -0.431. The number of carbonyl (C=O) groups excluding carboxylic acids is 1. The molecule has 0 aliphatic rings. The number of phenolic OH excluding ortho intramolecular Hbond substituents is 1. The van der Waals surface area contributed by atoms with Gasteiger partial charge in [0.05, 0.1) is 0 Å². The maximum Gasteiger partial charge on any atom is 0.193 e. The van der Waals surface area contributed by atoms with E-state index < -0.39 is 5.78 Å². The fourth-order valence-corrected chi connectivity index (χ4v) is 2.52. The number of hydrogen-bond acceptors (Lipinski definition) is 8. The van der Waals surface area contributed by atoms with Crippen LogP contribution in [0.4, 0.5) is 0 Å². The van der Waals surface area contributed by atoms with E-state index in [0.29, 0.717) is 17.1 Å². The van der Waals surface area contributed by atoms with Gasteiger partial charge in [-0.1, -0.05) is 18.2 Å². The molecule has 2 aromatic rings. The molecule has 8 nitrogen and oxygen atoms in total. The van der Waals surface area contributed by atoms with Crippen molar-refractivity contribution in [2.24, 2.45) is 0 Å². The van der Waals surface area contributed by atoms with E-state index in [2.05, 4.69) is 0 Å². The van der Waals surface area contributed by atoms with Gasteiger partial charge in [-0.2, -0.15) is 0 Å². The molecule has 0 atom stereocenters. The van der Waals surface area contributed by atoms with Gasteiger partial charge in [-0.05, 0) is 30.7 Å². The Hall–Kier alpha value is -3.07. The lowest BCUT2D eigenvalue weighted by molar-refractivity contribution is 0.0449. The van der Waals surface area contributed by atoms with Crippen molar-refractivity contribution >= 4 is 11.9 Å². The number of rotatable bonds is 12. The number of ketones is 1. The molecule has 0 unspecified atom stereocenters. The van der Waals surface area contributed by atoms with Crippen LogP contribution in [0.15, 0.2) is 36.4 Å². The fraction of sp³-hybridized carbons (Fsp3) is 0.318. The summed E-state index contributed by atoms with van der Waals surface area (Å²) in [5.41, 5.74) is 1.20. The van der Waals surface area contributed by atoms with Gasteiger partial charge < -0.3 is 33.5 Å². The molecule has 0 aliphatic heterocycles. The fourth-order valence-electron chi connectivity index (χ4n) is 2.52. The molecule has 30 heavy (non-hydrogen) atoms. The van der Waals surface area contributed by atoms with Crippen LogP contribution in [0.5, 0.6) is 23.0 Å². The van der Waals surface area contributed by atoms with E-state index in [1.807, 2.05) is 0 Å². The molecule has 0 fully saturated rings. The summed E-state index contributed by atoms with van der Waals surface area (Å²) < 4.78 is 30.9. The highest BCUT2D eigenvalue weighted by molar-refractivity contribution is 6.11. The van der Waals surface area contributed by atoms with Crippen molar-refractivity contribution in [1.29, 1.82) is 0 Å². The molecule has 1 N–H and O–H groups in total. The third-order valence-electron chi connectivity index (χ3n) is 4.03. The number of allylic oxidation sites excluding steroid dienone is 1. The molecule has 2 aromatic carbocycles. The van der Waals surface area contributed by atoms with Crippen molar-refractivity contribution in [3.8, 4) is 23.0 Å². The van der Waals surface area contributed by atoms with E-state index in [1.54, 1.807) is 44.4 Å². The Bertz CT molecular complexity index is 858. The summed E-state index contributed by atoms with van der Waals surface area (Å²) in [6.45, 7) is 1.68. The summed E-state index contributed by atoms with van der Waals surface area (Å²) >= 11 is 0. The zero-order valence-electron chi connectivity index (χ0n) is 17.5. The van der Waals surface area contributed by atoms with E-state index in [4.69, 9.17) is 28.4 Å². The van der Waals surface area contributed by atoms with Crippen LogP contribution < -0.4 is 14.2 Å². The van der Waals surface area contributed by atoms with Crippen LogP contribution in [0.1, 0.15) is 21.5 Å². The molecule has 0 saturated carbocycles. The number of carbonyl (C=O) groups is 1. The van der Waals surface area contributed by atoms with E-state index in [0.717, 1.165) is 5.56 Å². The molecule has 0 amide bonds. The molecule has 0 radical (unpaired) electrons. The van der Waals surface area contributed by atoms with Gasteiger partial charge in [0, 0.05) is 33.0 Å². The third-order valence-corrected chi connectivity index (χ3v) is 4.03. The predicted molar refractivity (Wildman–Crippen MR) is 110 cm³/mol. The Morgan fingerprint density at radius 3 is 2.07 bits per heavy atom. The van der Waals surface area contributed by atoms with Gasteiger partial charge in [-0.25, -0.2) is 0 Å². The Morgan fingerprint density at radius 1 is 0.900 bits per heavy atom. The molecule has 162 valence electrons. The van der Waals surface area contributed by atoms with Crippen molar-refractivity contribution in [3.05, 3.63) is 53.1 Å². The summed E-state index contributed by atoms with van der Waals surface area (Å²) in [6.07, 6.45) is 2.99. The van der Waals surface area contributed by atoms with Gasteiger partial charge >= 0.3 is 0 Å². The monoisotopic (exact) mass is 418 g/mol. The quantitative estimate of drug-likeness (QED) is 0.318. The molecule has 0 heterocycles. The molecule has 0 aliphatic carbocycles. The lowest BCUT2D eigenvalue weighted by atomic mass is 10.0. The molecule has 8 heteroatoms. The molecule has 0 aromatic heterocycles. The van der Waals surface area contributed by atoms with Crippen LogP contribution in [-0.4, -0.2) is 52.6 Å². The normalized spacial score (nSPS) is 10.9. The van der Waals surface area contributed by atoms with Crippen LogP contribution in [-0.2, 0) is 14.2 Å². The molecule has 0 bridgehead atoms. The first-order valence-electron chi connectivity index (χ1n) is 9.06. The van der Waals surface area contributed by atoms with E-state index in [9.17, 15) is 9.90 Å². The Kier molecular flexibility index (Phi) is 9.14. The molecular formula is C22H26O8. The molecular weight excluding hydrogens is 392 g/mol. The number of hydrogen-bond donors (Lipinski definition) is 1. The SMILES string of the molecule is COCOc1ccc(/C=C/C(=O)c2c(OCOC)cc(OCOC)c(C)c2O)cc1. The second kappa shape index (κ2) is 11.8. The van der Waals surface area contributed by atoms with Crippen molar-refractivity contribution in [3.63, 3.8) is 0 Å². The minimum Gasteiger partial charge on any atom is -0.507 e. The lowest BCUT2D eigenvalue weighted by Crippen LogP contribution is -2.08. The number of aromatic hydroxyl groups is 1. The van der Waals surface area contributed by atoms with Gasteiger partial charge in [-0.3, -0.25) is 4.79 Å². The topological polar surface area (TPSA) is 92.7 Å². The van der Waals surface area contributed by atoms with Gasteiger partial charge in [0.25, 0.3) is 0 Å². The highest BCUT2D eigenvalue weighted by Crippen LogP contribution is 2.38. The van der Waals surface area contributed by atoms with Crippen molar-refractivity contribution in [2.75, 3.05) is 41.7 Å². The van der Waals surface area contributed by atoms with Crippen LogP contribution in [0.3, 0.4) is 0 Å². The second-order valence-electron chi connectivity index (χ2n) is 6.14. The summed E-state index contributed by atoms with van der Waals surface area (Å²) in [6, 6.07) is 8.64. The molecule has 0 saturated heterocycles. The smallest absolute Gasteiger partial charge is 0.193 e. The largest absolute Gasteiger partial charge is 0.507 e. The number of phenols is 1. The van der Waals surface area contributed by atoms with E-state index in [1.165, 1.54) is 26.4 Å². The molecule has 0 spiro atoms. The van der Waals surface area contributed by atoms with Gasteiger partial charge in [0.1, 0.15) is 28.6 Å². The summed E-state index contributed by atoms with van der Waals surface area (Å²) in [7, 11) is 4.48. The summed E-state index contributed by atoms with van der Waals surface area (Å²) in [5.74, 6) is 0.472.